The first-order valence-corrected chi connectivity index (χ1v) is 7.52. The molecule has 21 heavy (non-hydrogen) atoms. The quantitative estimate of drug-likeness (QED) is 0.732. The smallest absolute Gasteiger partial charge is 0.335 e. The zero-order valence-corrected chi connectivity index (χ0v) is 12.0. The van der Waals surface area contributed by atoms with E-state index in [2.05, 4.69) is 11.1 Å². The third-order valence-corrected chi connectivity index (χ3v) is 4.16. The van der Waals surface area contributed by atoms with Crippen LogP contribution in [0, 0.1) is 0 Å². The molecule has 0 fully saturated rings. The predicted molar refractivity (Wildman–Crippen MR) is 84.7 cm³/mol. The zero-order valence-electron chi connectivity index (χ0n) is 11.2. The molecule has 0 unspecified atom stereocenters. The van der Waals surface area contributed by atoms with Crippen molar-refractivity contribution in [3.63, 3.8) is 0 Å². The van der Waals surface area contributed by atoms with Crippen LogP contribution in [0.25, 0.3) is 10.9 Å². The van der Waals surface area contributed by atoms with Gasteiger partial charge in [0.25, 0.3) is 0 Å². The van der Waals surface area contributed by atoms with E-state index >= 15 is 0 Å². The number of hydrogen-bond donors (Lipinski definition) is 1. The number of pyridine rings is 1. The lowest BCUT2D eigenvalue weighted by atomic mass is 10.1. The molecule has 0 aliphatic carbocycles. The van der Waals surface area contributed by atoms with E-state index in [0.717, 1.165) is 27.2 Å². The van der Waals surface area contributed by atoms with Gasteiger partial charge in [-0.05, 0) is 29.8 Å². The standard InChI is InChI=1S/C17H13NO2S/c19-17(20)14-7-5-12(6-8-14)11-21-16-10-9-13-3-1-2-4-15(13)18-16/h1-10H,11H2,(H,19,20). The number of benzene rings is 2. The lowest BCUT2D eigenvalue weighted by molar-refractivity contribution is 0.0697. The third kappa shape index (κ3) is 3.23. The van der Waals surface area contributed by atoms with Gasteiger partial charge < -0.3 is 5.11 Å². The van der Waals surface area contributed by atoms with Crippen LogP contribution in [0.4, 0.5) is 0 Å². The van der Waals surface area contributed by atoms with Gasteiger partial charge in [0, 0.05) is 11.1 Å². The van der Waals surface area contributed by atoms with E-state index in [9.17, 15) is 4.79 Å². The molecule has 0 amide bonds. The first-order valence-electron chi connectivity index (χ1n) is 6.53. The van der Waals surface area contributed by atoms with E-state index in [1.165, 1.54) is 0 Å². The number of aromatic nitrogens is 1. The molecule has 0 aliphatic heterocycles. The van der Waals surface area contributed by atoms with Crippen molar-refractivity contribution in [2.45, 2.75) is 10.8 Å². The molecule has 1 heterocycles. The first-order chi connectivity index (χ1) is 10.2. The Balaban J connectivity index is 1.72. The van der Waals surface area contributed by atoms with Crippen molar-refractivity contribution in [2.24, 2.45) is 0 Å². The molecule has 0 bridgehead atoms. The van der Waals surface area contributed by atoms with Crippen LogP contribution in [0.3, 0.4) is 0 Å². The van der Waals surface area contributed by atoms with Gasteiger partial charge in [-0.15, -0.1) is 11.8 Å². The largest absolute Gasteiger partial charge is 0.478 e. The topological polar surface area (TPSA) is 50.2 Å². The van der Waals surface area contributed by atoms with Crippen molar-refractivity contribution in [1.29, 1.82) is 0 Å². The fourth-order valence-corrected chi connectivity index (χ4v) is 2.86. The number of aromatic carboxylic acids is 1. The van der Waals surface area contributed by atoms with Crippen LogP contribution in [0.15, 0.2) is 65.7 Å². The van der Waals surface area contributed by atoms with Crippen LogP contribution in [0.1, 0.15) is 15.9 Å². The number of carbonyl (C=O) groups is 1. The Hall–Kier alpha value is -2.33. The average Bonchev–Trinajstić information content (AvgIpc) is 2.53. The van der Waals surface area contributed by atoms with Gasteiger partial charge in [-0.25, -0.2) is 9.78 Å². The van der Waals surface area contributed by atoms with Gasteiger partial charge >= 0.3 is 5.97 Å². The molecule has 4 heteroatoms. The minimum atomic E-state index is -0.898. The molecule has 0 atom stereocenters. The Morgan fingerprint density at radius 3 is 2.52 bits per heavy atom. The summed E-state index contributed by atoms with van der Waals surface area (Å²) in [5.74, 6) is -0.129. The summed E-state index contributed by atoms with van der Waals surface area (Å²) in [6.07, 6.45) is 0. The number of thioether (sulfide) groups is 1. The SMILES string of the molecule is O=C(O)c1ccc(CSc2ccc3ccccc3n2)cc1. The number of carboxylic acids is 1. The fraction of sp³-hybridized carbons (Fsp3) is 0.0588. The molecule has 1 aromatic heterocycles. The van der Waals surface area contributed by atoms with Crippen LogP contribution in [-0.4, -0.2) is 16.1 Å². The van der Waals surface area contributed by atoms with Gasteiger partial charge in [-0.3, -0.25) is 0 Å². The summed E-state index contributed by atoms with van der Waals surface area (Å²) in [4.78, 5) is 15.4. The summed E-state index contributed by atoms with van der Waals surface area (Å²) in [6.45, 7) is 0. The normalized spacial score (nSPS) is 10.7. The maximum atomic E-state index is 10.8. The lowest BCUT2D eigenvalue weighted by Crippen LogP contribution is -1.95. The van der Waals surface area contributed by atoms with Crippen LogP contribution in [-0.2, 0) is 5.75 Å². The molecular weight excluding hydrogens is 282 g/mol. The minimum absolute atomic E-state index is 0.313. The molecule has 104 valence electrons. The van der Waals surface area contributed by atoms with Gasteiger partial charge in [0.1, 0.15) is 0 Å². The number of rotatable bonds is 4. The summed E-state index contributed by atoms with van der Waals surface area (Å²) in [5.41, 5.74) is 2.39. The van der Waals surface area contributed by atoms with E-state index in [4.69, 9.17) is 5.11 Å². The Labute approximate surface area is 126 Å². The maximum absolute atomic E-state index is 10.8. The molecule has 2 aromatic carbocycles. The average molecular weight is 295 g/mol. The van der Waals surface area contributed by atoms with Crippen molar-refractivity contribution in [2.75, 3.05) is 0 Å². The Morgan fingerprint density at radius 2 is 1.76 bits per heavy atom. The van der Waals surface area contributed by atoms with Crippen molar-refractivity contribution in [3.05, 3.63) is 71.8 Å². The van der Waals surface area contributed by atoms with E-state index < -0.39 is 5.97 Å². The lowest BCUT2D eigenvalue weighted by Gasteiger charge is -2.04. The summed E-state index contributed by atoms with van der Waals surface area (Å²) in [7, 11) is 0. The number of nitrogens with zero attached hydrogens (tertiary/aromatic N) is 1. The van der Waals surface area contributed by atoms with Gasteiger partial charge in [-0.2, -0.15) is 0 Å². The molecule has 0 radical (unpaired) electrons. The molecule has 3 nitrogen and oxygen atoms in total. The highest BCUT2D eigenvalue weighted by Crippen LogP contribution is 2.23. The molecule has 3 aromatic rings. The Morgan fingerprint density at radius 1 is 1.00 bits per heavy atom. The van der Waals surface area contributed by atoms with Gasteiger partial charge in [-0.1, -0.05) is 36.4 Å². The van der Waals surface area contributed by atoms with Crippen molar-refractivity contribution in [3.8, 4) is 0 Å². The van der Waals surface area contributed by atoms with Crippen LogP contribution >= 0.6 is 11.8 Å². The van der Waals surface area contributed by atoms with Crippen LogP contribution in [0.5, 0.6) is 0 Å². The summed E-state index contributed by atoms with van der Waals surface area (Å²) < 4.78 is 0. The molecule has 0 aliphatic rings. The highest BCUT2D eigenvalue weighted by atomic mass is 32.2. The van der Waals surface area contributed by atoms with Gasteiger partial charge in [0.05, 0.1) is 16.1 Å². The Bertz CT molecular complexity index is 784. The van der Waals surface area contributed by atoms with E-state index in [-0.39, 0.29) is 0 Å². The third-order valence-electron chi connectivity index (χ3n) is 3.16. The second-order valence-electron chi connectivity index (χ2n) is 4.63. The second-order valence-corrected chi connectivity index (χ2v) is 5.63. The number of fused-ring (bicyclic) bond motifs is 1. The molecule has 0 spiro atoms. The molecular formula is C17H13NO2S. The molecule has 0 saturated carbocycles. The van der Waals surface area contributed by atoms with Gasteiger partial charge in [0.2, 0.25) is 0 Å². The molecule has 0 saturated heterocycles. The number of para-hydroxylation sites is 1. The van der Waals surface area contributed by atoms with Crippen molar-refractivity contribution < 1.29 is 9.90 Å². The van der Waals surface area contributed by atoms with Gasteiger partial charge in [0.15, 0.2) is 0 Å². The molecule has 1 N–H and O–H groups in total. The summed E-state index contributed by atoms with van der Waals surface area (Å²) in [5, 5.41) is 11.0. The summed E-state index contributed by atoms with van der Waals surface area (Å²) in [6, 6.07) is 19.1. The van der Waals surface area contributed by atoms with Crippen molar-refractivity contribution >= 4 is 28.6 Å². The summed E-state index contributed by atoms with van der Waals surface area (Å²) >= 11 is 1.64. The Kier molecular flexibility index (Phi) is 3.88. The second kappa shape index (κ2) is 5.97. The highest BCUT2D eigenvalue weighted by molar-refractivity contribution is 7.98. The highest BCUT2D eigenvalue weighted by Gasteiger charge is 2.03. The maximum Gasteiger partial charge on any atom is 0.335 e. The van der Waals surface area contributed by atoms with E-state index in [1.54, 1.807) is 23.9 Å². The first kappa shape index (κ1) is 13.6. The number of carboxylic acid groups (broad SMARTS) is 1. The van der Waals surface area contributed by atoms with Crippen LogP contribution < -0.4 is 0 Å². The molecule has 3 rings (SSSR count). The zero-order chi connectivity index (χ0) is 14.7. The fourth-order valence-electron chi connectivity index (χ4n) is 2.03. The van der Waals surface area contributed by atoms with E-state index in [0.29, 0.717) is 5.56 Å². The van der Waals surface area contributed by atoms with Crippen molar-refractivity contribution in [1.82, 2.24) is 4.98 Å². The minimum Gasteiger partial charge on any atom is -0.478 e. The predicted octanol–water partition coefficient (Wildman–Crippen LogP) is 4.23. The van der Waals surface area contributed by atoms with E-state index in [1.807, 2.05) is 42.5 Å². The monoisotopic (exact) mass is 295 g/mol. The van der Waals surface area contributed by atoms with Crippen LogP contribution in [0.2, 0.25) is 0 Å². The number of hydrogen-bond acceptors (Lipinski definition) is 3.